The van der Waals surface area contributed by atoms with Crippen LogP contribution in [0.3, 0.4) is 0 Å². The predicted molar refractivity (Wildman–Crippen MR) is 91.7 cm³/mol. The molecule has 1 N–H and O–H groups in total. The van der Waals surface area contributed by atoms with E-state index in [1.165, 1.54) is 7.11 Å². The highest BCUT2D eigenvalue weighted by molar-refractivity contribution is 7.99. The van der Waals surface area contributed by atoms with Crippen LogP contribution in [0, 0.1) is 0 Å². The van der Waals surface area contributed by atoms with Crippen molar-refractivity contribution in [2.45, 2.75) is 36.9 Å². The molecule has 2 aliphatic rings. The largest absolute Gasteiger partial charge is 0.467 e. The molecule has 0 bridgehead atoms. The van der Waals surface area contributed by atoms with Gasteiger partial charge in [-0.1, -0.05) is 30.3 Å². The lowest BCUT2D eigenvalue weighted by molar-refractivity contribution is -0.152. The van der Waals surface area contributed by atoms with Crippen LogP contribution in [0.25, 0.3) is 0 Å². The Bertz CT molecular complexity index is 654. The van der Waals surface area contributed by atoms with Crippen LogP contribution in [0.5, 0.6) is 0 Å². The summed E-state index contributed by atoms with van der Waals surface area (Å²) in [6, 6.07) is 8.06. The van der Waals surface area contributed by atoms with Gasteiger partial charge in [-0.25, -0.2) is 9.59 Å². The van der Waals surface area contributed by atoms with E-state index in [9.17, 15) is 14.4 Å². The Morgan fingerprint density at radius 3 is 2.80 bits per heavy atom. The molecule has 2 amide bonds. The van der Waals surface area contributed by atoms with Crippen molar-refractivity contribution in [1.29, 1.82) is 0 Å². The van der Waals surface area contributed by atoms with Crippen LogP contribution < -0.4 is 5.32 Å². The number of hydrogen-bond acceptors (Lipinski definition) is 6. The Morgan fingerprint density at radius 1 is 1.32 bits per heavy atom. The van der Waals surface area contributed by atoms with Crippen molar-refractivity contribution in [1.82, 2.24) is 10.2 Å². The highest BCUT2D eigenvalue weighted by Gasteiger charge is 2.48. The van der Waals surface area contributed by atoms with E-state index in [1.54, 1.807) is 16.7 Å². The van der Waals surface area contributed by atoms with Gasteiger partial charge >= 0.3 is 12.1 Å². The summed E-state index contributed by atoms with van der Waals surface area (Å²) in [5.74, 6) is 0.106. The lowest BCUT2D eigenvalue weighted by atomic mass is 10.2. The summed E-state index contributed by atoms with van der Waals surface area (Å²) in [6.07, 6.45) is 0.379. The zero-order valence-corrected chi connectivity index (χ0v) is 14.7. The molecule has 2 heterocycles. The van der Waals surface area contributed by atoms with Crippen LogP contribution in [-0.2, 0) is 25.7 Å². The van der Waals surface area contributed by atoms with E-state index in [0.717, 1.165) is 11.3 Å². The first-order valence-electron chi connectivity index (χ1n) is 8.09. The van der Waals surface area contributed by atoms with Gasteiger partial charge < -0.3 is 19.7 Å². The van der Waals surface area contributed by atoms with E-state index in [4.69, 9.17) is 9.47 Å². The number of methoxy groups -OCH3 is 1. The van der Waals surface area contributed by atoms with Crippen molar-refractivity contribution < 1.29 is 23.9 Å². The number of benzene rings is 1. The van der Waals surface area contributed by atoms with Crippen molar-refractivity contribution in [2.75, 3.05) is 12.9 Å². The lowest BCUT2D eigenvalue weighted by Gasteiger charge is -2.35. The fourth-order valence-corrected chi connectivity index (χ4v) is 4.46. The molecule has 0 spiro atoms. The first-order valence-corrected chi connectivity index (χ1v) is 9.14. The Labute approximate surface area is 150 Å². The normalized spacial score (nSPS) is 25.2. The summed E-state index contributed by atoms with van der Waals surface area (Å²) < 4.78 is 9.96. The van der Waals surface area contributed by atoms with Gasteiger partial charge in [-0.2, -0.15) is 0 Å². The molecule has 0 unspecified atom stereocenters. The highest BCUT2D eigenvalue weighted by Crippen LogP contribution is 2.36. The van der Waals surface area contributed by atoms with Gasteiger partial charge in [0.2, 0.25) is 5.91 Å². The molecule has 1 aromatic rings. The molecule has 3 rings (SSSR count). The number of nitrogens with one attached hydrogen (secondary N) is 1. The van der Waals surface area contributed by atoms with E-state index in [0.29, 0.717) is 12.8 Å². The predicted octanol–water partition coefficient (Wildman–Crippen LogP) is 1.52. The molecule has 1 aromatic carbocycles. The maximum Gasteiger partial charge on any atom is 0.408 e. The number of nitrogens with zero attached hydrogens (tertiary/aromatic N) is 1. The number of esters is 1. The number of thioether (sulfide) groups is 1. The van der Waals surface area contributed by atoms with Crippen molar-refractivity contribution >= 4 is 29.7 Å². The van der Waals surface area contributed by atoms with Crippen LogP contribution in [0.4, 0.5) is 4.79 Å². The Morgan fingerprint density at radius 2 is 2.08 bits per heavy atom. The molecular formula is C17H20N2O5S. The third-order valence-electron chi connectivity index (χ3n) is 4.32. The summed E-state index contributed by atoms with van der Waals surface area (Å²) in [6.45, 7) is 0.139. The van der Waals surface area contributed by atoms with Gasteiger partial charge in [0.25, 0.3) is 0 Å². The minimum atomic E-state index is -0.675. The van der Waals surface area contributed by atoms with Crippen molar-refractivity contribution in [2.24, 2.45) is 0 Å². The molecule has 0 aromatic heterocycles. The van der Waals surface area contributed by atoms with E-state index < -0.39 is 24.1 Å². The summed E-state index contributed by atoms with van der Waals surface area (Å²) in [7, 11) is 1.32. The molecule has 25 heavy (non-hydrogen) atoms. The average molecular weight is 364 g/mol. The smallest absolute Gasteiger partial charge is 0.408 e. The molecular weight excluding hydrogens is 344 g/mol. The standard InChI is InChI=1S/C17H20N2O5S/c1-23-16(21)13-7-8-25-14-9-12(15(20)19(13)14)18-17(22)24-10-11-5-3-2-4-6-11/h2-6,12-14H,7-10H2,1H3,(H,18,22)/t12-,13-,14-/m0/s1. The topological polar surface area (TPSA) is 84.9 Å². The number of fused-ring (bicyclic) bond motifs is 1. The van der Waals surface area contributed by atoms with Gasteiger partial charge in [-0.3, -0.25) is 4.79 Å². The quantitative estimate of drug-likeness (QED) is 0.816. The fraction of sp³-hybridized carbons (Fsp3) is 0.471. The van der Waals surface area contributed by atoms with Gasteiger partial charge in [0.15, 0.2) is 0 Å². The Kier molecular flexibility index (Phi) is 5.47. The number of alkyl carbamates (subject to hydrolysis) is 1. The second-order valence-electron chi connectivity index (χ2n) is 5.89. The van der Waals surface area contributed by atoms with Gasteiger partial charge in [0.1, 0.15) is 18.7 Å². The number of carbonyl (C=O) groups excluding carboxylic acids is 3. The zero-order valence-electron chi connectivity index (χ0n) is 13.8. The second-order valence-corrected chi connectivity index (χ2v) is 7.18. The highest BCUT2D eigenvalue weighted by atomic mass is 32.2. The van der Waals surface area contributed by atoms with Crippen LogP contribution in [-0.4, -0.2) is 53.2 Å². The van der Waals surface area contributed by atoms with Crippen LogP contribution >= 0.6 is 11.8 Å². The number of rotatable bonds is 4. The minimum absolute atomic E-state index is 0.121. The lowest BCUT2D eigenvalue weighted by Crippen LogP contribution is -2.51. The molecule has 7 nitrogen and oxygen atoms in total. The van der Waals surface area contributed by atoms with E-state index in [-0.39, 0.29) is 17.9 Å². The fourth-order valence-electron chi connectivity index (χ4n) is 3.09. The number of carbonyl (C=O) groups is 3. The molecule has 0 saturated carbocycles. The zero-order chi connectivity index (χ0) is 17.8. The van der Waals surface area contributed by atoms with E-state index >= 15 is 0 Å². The maximum absolute atomic E-state index is 12.6. The molecule has 2 fully saturated rings. The molecule has 2 aliphatic heterocycles. The first kappa shape index (κ1) is 17.6. The average Bonchev–Trinajstić information content (AvgIpc) is 2.96. The summed E-state index contributed by atoms with van der Waals surface area (Å²) in [4.78, 5) is 38.1. The number of ether oxygens (including phenoxy) is 2. The van der Waals surface area contributed by atoms with E-state index in [2.05, 4.69) is 5.32 Å². The van der Waals surface area contributed by atoms with Crippen molar-refractivity contribution in [3.63, 3.8) is 0 Å². The van der Waals surface area contributed by atoms with Crippen LogP contribution in [0.1, 0.15) is 18.4 Å². The maximum atomic E-state index is 12.6. The first-order chi connectivity index (χ1) is 12.1. The van der Waals surface area contributed by atoms with Gasteiger partial charge in [0.05, 0.1) is 12.5 Å². The molecule has 0 aliphatic carbocycles. The summed E-state index contributed by atoms with van der Waals surface area (Å²) in [5, 5.41) is 2.49. The molecule has 3 atom stereocenters. The summed E-state index contributed by atoms with van der Waals surface area (Å²) >= 11 is 1.62. The van der Waals surface area contributed by atoms with Crippen LogP contribution in [0.2, 0.25) is 0 Å². The SMILES string of the molecule is COC(=O)[C@@H]1CCS[C@H]2C[C@H](NC(=O)OCc3ccccc3)C(=O)N21. The number of amides is 2. The van der Waals surface area contributed by atoms with Gasteiger partial charge in [0, 0.05) is 6.42 Å². The molecule has 134 valence electrons. The van der Waals surface area contributed by atoms with Gasteiger partial charge in [-0.05, 0) is 17.7 Å². The van der Waals surface area contributed by atoms with Crippen molar-refractivity contribution in [3.05, 3.63) is 35.9 Å². The summed E-state index contributed by atoms with van der Waals surface area (Å²) in [5.41, 5.74) is 0.870. The monoisotopic (exact) mass is 364 g/mol. The van der Waals surface area contributed by atoms with Crippen molar-refractivity contribution in [3.8, 4) is 0 Å². The molecule has 2 saturated heterocycles. The second kappa shape index (κ2) is 7.77. The Hall–Kier alpha value is -2.22. The van der Waals surface area contributed by atoms with Crippen LogP contribution in [0.15, 0.2) is 30.3 Å². The van der Waals surface area contributed by atoms with Gasteiger partial charge in [-0.15, -0.1) is 11.8 Å². The molecule has 8 heteroatoms. The minimum Gasteiger partial charge on any atom is -0.467 e. The third-order valence-corrected chi connectivity index (χ3v) is 5.59. The third kappa shape index (κ3) is 3.89. The molecule has 0 radical (unpaired) electrons. The Balaban J connectivity index is 1.57. The number of hydrogen-bond donors (Lipinski definition) is 1. The van der Waals surface area contributed by atoms with E-state index in [1.807, 2.05) is 30.3 Å².